The summed E-state index contributed by atoms with van der Waals surface area (Å²) in [6.07, 6.45) is 4.00. The van der Waals surface area contributed by atoms with Gasteiger partial charge in [-0.2, -0.15) is 5.10 Å². The van der Waals surface area contributed by atoms with Crippen LogP contribution in [-0.4, -0.2) is 19.7 Å². The molecule has 21 heavy (non-hydrogen) atoms. The quantitative estimate of drug-likeness (QED) is 0.774. The molecule has 110 valence electrons. The molecule has 3 aromatic rings. The summed E-state index contributed by atoms with van der Waals surface area (Å²) in [5, 5.41) is 7.80. The number of fused-ring (bicyclic) bond motifs is 1. The van der Waals surface area contributed by atoms with Crippen LogP contribution < -0.4 is 5.32 Å². The first-order valence-electron chi connectivity index (χ1n) is 7.21. The number of aromatic amines is 1. The zero-order valence-electron chi connectivity index (χ0n) is 12.7. The molecule has 3 rings (SSSR count). The highest BCUT2D eigenvalue weighted by Crippen LogP contribution is 2.13. The number of hydrogen-bond donors (Lipinski definition) is 2. The van der Waals surface area contributed by atoms with Crippen molar-refractivity contribution in [2.45, 2.75) is 39.4 Å². The van der Waals surface area contributed by atoms with Crippen molar-refractivity contribution in [3.8, 4) is 0 Å². The van der Waals surface area contributed by atoms with E-state index in [-0.39, 0.29) is 5.54 Å². The summed E-state index contributed by atoms with van der Waals surface area (Å²) < 4.78 is 1.99. The van der Waals surface area contributed by atoms with Gasteiger partial charge in [0, 0.05) is 18.3 Å². The van der Waals surface area contributed by atoms with Crippen LogP contribution in [0.4, 0.5) is 0 Å². The third kappa shape index (κ3) is 3.13. The minimum Gasteiger partial charge on any atom is -0.341 e. The first kappa shape index (κ1) is 13.8. The topological polar surface area (TPSA) is 58.5 Å². The van der Waals surface area contributed by atoms with E-state index in [9.17, 15) is 0 Å². The van der Waals surface area contributed by atoms with E-state index in [1.54, 1.807) is 0 Å². The van der Waals surface area contributed by atoms with E-state index in [0.29, 0.717) is 0 Å². The summed E-state index contributed by atoms with van der Waals surface area (Å²) in [7, 11) is 0. The number of imidazole rings is 1. The Labute approximate surface area is 124 Å². The molecule has 0 bridgehead atoms. The van der Waals surface area contributed by atoms with Crippen molar-refractivity contribution < 1.29 is 0 Å². The second kappa shape index (κ2) is 5.33. The van der Waals surface area contributed by atoms with Crippen molar-refractivity contribution in [1.82, 2.24) is 25.1 Å². The Morgan fingerprint density at radius 3 is 2.71 bits per heavy atom. The SMILES string of the molecule is CC(C)(C)n1cc(CNCc2nc3ccccc3[nH]2)cn1. The number of nitrogens with zero attached hydrogens (tertiary/aromatic N) is 3. The van der Waals surface area contributed by atoms with E-state index < -0.39 is 0 Å². The lowest BCUT2D eigenvalue weighted by Gasteiger charge is -2.18. The number of H-pyrrole nitrogens is 1. The van der Waals surface area contributed by atoms with E-state index in [1.807, 2.05) is 35.1 Å². The van der Waals surface area contributed by atoms with Crippen LogP contribution in [0.15, 0.2) is 36.7 Å². The van der Waals surface area contributed by atoms with Crippen molar-refractivity contribution in [2.24, 2.45) is 0 Å². The smallest absolute Gasteiger partial charge is 0.121 e. The van der Waals surface area contributed by atoms with Crippen LogP contribution in [-0.2, 0) is 18.6 Å². The standard InChI is InChI=1S/C16H21N5/c1-16(2,3)21-11-12(9-18-21)8-17-10-15-19-13-6-4-5-7-14(13)20-15/h4-7,9,11,17H,8,10H2,1-3H3,(H,19,20). The molecule has 5 nitrogen and oxygen atoms in total. The van der Waals surface area contributed by atoms with Crippen LogP contribution in [0, 0.1) is 0 Å². The third-order valence-corrected chi connectivity index (χ3v) is 3.38. The fourth-order valence-electron chi connectivity index (χ4n) is 2.23. The molecular formula is C16H21N5. The summed E-state index contributed by atoms with van der Waals surface area (Å²) in [6, 6.07) is 8.07. The molecule has 0 radical (unpaired) electrons. The molecule has 0 atom stereocenters. The highest BCUT2D eigenvalue weighted by molar-refractivity contribution is 5.74. The number of rotatable bonds is 4. The first-order valence-corrected chi connectivity index (χ1v) is 7.21. The van der Waals surface area contributed by atoms with Crippen molar-refractivity contribution in [3.05, 3.63) is 48.0 Å². The second-order valence-corrected chi connectivity index (χ2v) is 6.27. The van der Waals surface area contributed by atoms with Gasteiger partial charge in [-0.05, 0) is 32.9 Å². The fourth-order valence-corrected chi connectivity index (χ4v) is 2.23. The number of aromatic nitrogens is 4. The van der Waals surface area contributed by atoms with Gasteiger partial charge in [-0.3, -0.25) is 4.68 Å². The minimum atomic E-state index is 0.0248. The third-order valence-electron chi connectivity index (χ3n) is 3.38. The van der Waals surface area contributed by atoms with Gasteiger partial charge in [-0.25, -0.2) is 4.98 Å². The monoisotopic (exact) mass is 283 g/mol. The van der Waals surface area contributed by atoms with Crippen LogP contribution in [0.2, 0.25) is 0 Å². The van der Waals surface area contributed by atoms with Crippen molar-refractivity contribution >= 4 is 11.0 Å². The lowest BCUT2D eigenvalue weighted by molar-refractivity contribution is 0.355. The van der Waals surface area contributed by atoms with Gasteiger partial charge in [-0.1, -0.05) is 12.1 Å². The fraction of sp³-hybridized carbons (Fsp3) is 0.375. The molecule has 0 aliphatic rings. The van der Waals surface area contributed by atoms with Crippen LogP contribution in [0.1, 0.15) is 32.2 Å². The van der Waals surface area contributed by atoms with Crippen LogP contribution >= 0.6 is 0 Å². The average Bonchev–Trinajstić information content (AvgIpc) is 3.03. The zero-order chi connectivity index (χ0) is 14.9. The molecule has 0 amide bonds. The molecule has 2 aromatic heterocycles. The molecule has 0 spiro atoms. The molecule has 0 unspecified atom stereocenters. The van der Waals surface area contributed by atoms with Crippen LogP contribution in [0.3, 0.4) is 0 Å². The minimum absolute atomic E-state index is 0.0248. The Balaban J connectivity index is 1.59. The summed E-state index contributed by atoms with van der Waals surface area (Å²) >= 11 is 0. The van der Waals surface area contributed by atoms with E-state index >= 15 is 0 Å². The largest absolute Gasteiger partial charge is 0.341 e. The molecule has 2 heterocycles. The van der Waals surface area contributed by atoms with Crippen LogP contribution in [0.5, 0.6) is 0 Å². The molecule has 0 aliphatic heterocycles. The summed E-state index contributed by atoms with van der Waals surface area (Å²) in [6.45, 7) is 7.94. The number of hydrogen-bond acceptors (Lipinski definition) is 3. The van der Waals surface area contributed by atoms with Crippen LogP contribution in [0.25, 0.3) is 11.0 Å². The van der Waals surface area contributed by atoms with Gasteiger partial charge in [0.25, 0.3) is 0 Å². The lowest BCUT2D eigenvalue weighted by Crippen LogP contribution is -2.22. The highest BCUT2D eigenvalue weighted by atomic mass is 15.3. The Morgan fingerprint density at radius 2 is 2.00 bits per heavy atom. The van der Waals surface area contributed by atoms with Crippen molar-refractivity contribution in [2.75, 3.05) is 0 Å². The number of benzene rings is 1. The summed E-state index contributed by atoms with van der Waals surface area (Å²) in [5.41, 5.74) is 3.29. The maximum atomic E-state index is 4.55. The summed E-state index contributed by atoms with van der Waals surface area (Å²) in [4.78, 5) is 7.87. The Hall–Kier alpha value is -2.14. The molecule has 2 N–H and O–H groups in total. The normalized spacial score (nSPS) is 12.1. The maximum Gasteiger partial charge on any atom is 0.121 e. The molecular weight excluding hydrogens is 262 g/mol. The van der Waals surface area contributed by atoms with Gasteiger partial charge in [0.1, 0.15) is 5.82 Å². The average molecular weight is 283 g/mol. The number of para-hydroxylation sites is 2. The molecule has 1 aromatic carbocycles. The molecule has 0 fully saturated rings. The van der Waals surface area contributed by atoms with E-state index in [4.69, 9.17) is 0 Å². The maximum absolute atomic E-state index is 4.55. The van der Waals surface area contributed by atoms with Gasteiger partial charge in [0.2, 0.25) is 0 Å². The Bertz CT molecular complexity index is 699. The second-order valence-electron chi connectivity index (χ2n) is 6.27. The predicted molar refractivity (Wildman–Crippen MR) is 83.9 cm³/mol. The van der Waals surface area contributed by atoms with Crippen molar-refractivity contribution in [3.63, 3.8) is 0 Å². The number of nitrogens with one attached hydrogen (secondary N) is 2. The lowest BCUT2D eigenvalue weighted by atomic mass is 10.1. The van der Waals surface area contributed by atoms with E-state index in [1.165, 1.54) is 5.56 Å². The molecule has 0 aliphatic carbocycles. The van der Waals surface area contributed by atoms with Crippen molar-refractivity contribution in [1.29, 1.82) is 0 Å². The van der Waals surface area contributed by atoms with E-state index in [0.717, 1.165) is 29.9 Å². The predicted octanol–water partition coefficient (Wildman–Crippen LogP) is 2.80. The van der Waals surface area contributed by atoms with Gasteiger partial charge in [-0.15, -0.1) is 0 Å². The molecule has 0 saturated carbocycles. The van der Waals surface area contributed by atoms with Gasteiger partial charge >= 0.3 is 0 Å². The van der Waals surface area contributed by atoms with Gasteiger partial charge in [0.15, 0.2) is 0 Å². The Kier molecular flexibility index (Phi) is 3.51. The zero-order valence-corrected chi connectivity index (χ0v) is 12.7. The van der Waals surface area contributed by atoms with E-state index in [2.05, 4.69) is 47.4 Å². The Morgan fingerprint density at radius 1 is 1.19 bits per heavy atom. The summed E-state index contributed by atoms with van der Waals surface area (Å²) in [5.74, 6) is 0.958. The molecule has 5 heteroatoms. The first-order chi connectivity index (χ1) is 10.0. The highest BCUT2D eigenvalue weighted by Gasteiger charge is 2.13. The molecule has 0 saturated heterocycles. The van der Waals surface area contributed by atoms with Gasteiger partial charge < -0.3 is 10.3 Å². The van der Waals surface area contributed by atoms with Gasteiger partial charge in [0.05, 0.1) is 29.3 Å².